The van der Waals surface area contributed by atoms with E-state index >= 15 is 0 Å². The lowest BCUT2D eigenvalue weighted by atomic mass is 10.0. The minimum absolute atomic E-state index is 0.0280. The number of nitrogens with one attached hydrogen (secondary N) is 2. The van der Waals surface area contributed by atoms with Crippen LogP contribution in [0.15, 0.2) is 0 Å². The summed E-state index contributed by atoms with van der Waals surface area (Å²) < 4.78 is 0. The monoisotopic (exact) mass is 232 g/mol. The predicted octanol–water partition coefficient (Wildman–Crippen LogP) is 0.758. The van der Waals surface area contributed by atoms with Gasteiger partial charge in [0, 0.05) is 6.04 Å². The summed E-state index contributed by atoms with van der Waals surface area (Å²) in [6.07, 6.45) is 9.41. The molecule has 3 fully saturated rings. The second-order valence-corrected chi connectivity index (χ2v) is 5.82. The summed E-state index contributed by atoms with van der Waals surface area (Å²) in [7, 11) is 0. The van der Waals surface area contributed by atoms with Crippen molar-refractivity contribution in [1.82, 2.24) is 10.6 Å². The molecule has 0 aliphatic heterocycles. The molecule has 0 radical (unpaired) electrons. The van der Waals surface area contributed by atoms with E-state index in [0.717, 1.165) is 23.7 Å². The fraction of sp³-hybridized carbons (Fsp3) is 0.786. The summed E-state index contributed by atoms with van der Waals surface area (Å²) in [5, 5.41) is 6.22. The van der Waals surface area contributed by atoms with Crippen molar-refractivity contribution in [2.45, 2.75) is 38.3 Å². The minimum atomic E-state index is -0.113. The van der Waals surface area contributed by atoms with Gasteiger partial charge in [0.2, 0.25) is 5.91 Å². The zero-order chi connectivity index (χ0) is 12.0. The third kappa shape index (κ3) is 1.75. The summed E-state index contributed by atoms with van der Waals surface area (Å²) in [5.41, 5.74) is 0. The van der Waals surface area contributed by atoms with Gasteiger partial charge >= 0.3 is 0 Å². The normalized spacial score (nSPS) is 42.7. The molecule has 5 unspecified atom stereocenters. The van der Waals surface area contributed by atoms with Crippen LogP contribution in [0, 0.1) is 36.0 Å². The third-order valence-corrected chi connectivity index (χ3v) is 4.94. The van der Waals surface area contributed by atoms with E-state index in [1.165, 1.54) is 19.3 Å². The van der Waals surface area contributed by atoms with Gasteiger partial charge in [0.25, 0.3) is 0 Å². The number of hydrogen-bond donors (Lipinski definition) is 2. The van der Waals surface area contributed by atoms with Gasteiger partial charge in [-0.3, -0.25) is 4.79 Å². The van der Waals surface area contributed by atoms with Gasteiger partial charge in [-0.25, -0.2) is 0 Å². The lowest BCUT2D eigenvalue weighted by molar-refractivity contribution is -0.122. The van der Waals surface area contributed by atoms with Crippen LogP contribution in [-0.2, 0) is 4.79 Å². The standard InChI is InChI=1S/C14H20N2O/c1-3-6-15-14(17)8(2)16-13-11-9-4-5-10(7-9)12(11)13/h1,8-13,16H,4-7H2,2H3,(H,15,17). The van der Waals surface area contributed by atoms with Crippen molar-refractivity contribution in [2.24, 2.45) is 23.7 Å². The van der Waals surface area contributed by atoms with Gasteiger partial charge in [-0.2, -0.15) is 0 Å². The molecule has 0 aromatic rings. The Labute approximate surface area is 103 Å². The van der Waals surface area contributed by atoms with E-state index in [2.05, 4.69) is 16.6 Å². The summed E-state index contributed by atoms with van der Waals surface area (Å²) in [6.45, 7) is 2.26. The van der Waals surface area contributed by atoms with E-state index in [1.807, 2.05) is 6.92 Å². The van der Waals surface area contributed by atoms with Crippen LogP contribution in [0.3, 0.4) is 0 Å². The molecular weight excluding hydrogens is 212 g/mol. The van der Waals surface area contributed by atoms with E-state index in [9.17, 15) is 4.79 Å². The van der Waals surface area contributed by atoms with E-state index < -0.39 is 0 Å². The number of fused-ring (bicyclic) bond motifs is 5. The first-order valence-corrected chi connectivity index (χ1v) is 6.69. The van der Waals surface area contributed by atoms with E-state index in [4.69, 9.17) is 6.42 Å². The average molecular weight is 232 g/mol. The van der Waals surface area contributed by atoms with Crippen LogP contribution in [0.25, 0.3) is 0 Å². The van der Waals surface area contributed by atoms with Gasteiger partial charge in [0.15, 0.2) is 0 Å². The molecule has 0 aromatic carbocycles. The molecular formula is C14H20N2O. The molecule has 3 nitrogen and oxygen atoms in total. The van der Waals surface area contributed by atoms with Crippen LogP contribution >= 0.6 is 0 Å². The number of rotatable bonds is 4. The van der Waals surface area contributed by atoms with Crippen LogP contribution in [-0.4, -0.2) is 24.5 Å². The van der Waals surface area contributed by atoms with Crippen LogP contribution < -0.4 is 10.6 Å². The molecule has 0 saturated heterocycles. The zero-order valence-electron chi connectivity index (χ0n) is 10.3. The fourth-order valence-electron chi connectivity index (χ4n) is 4.20. The number of terminal acetylenes is 1. The predicted molar refractivity (Wildman–Crippen MR) is 66.0 cm³/mol. The molecule has 3 heteroatoms. The Morgan fingerprint density at radius 2 is 2.06 bits per heavy atom. The number of carbonyl (C=O) groups is 1. The van der Waals surface area contributed by atoms with Gasteiger partial charge in [0.1, 0.15) is 0 Å². The summed E-state index contributed by atoms with van der Waals surface area (Å²) in [5.74, 6) is 6.09. The average Bonchev–Trinajstić information content (AvgIpc) is 2.75. The van der Waals surface area contributed by atoms with Gasteiger partial charge in [-0.1, -0.05) is 5.92 Å². The highest BCUT2D eigenvalue weighted by atomic mass is 16.2. The van der Waals surface area contributed by atoms with E-state index in [0.29, 0.717) is 12.6 Å². The molecule has 3 saturated carbocycles. The Balaban J connectivity index is 1.49. The highest BCUT2D eigenvalue weighted by Crippen LogP contribution is 2.65. The SMILES string of the molecule is C#CCNC(=O)C(C)NC1C2C3CCC(C3)C12. The zero-order valence-corrected chi connectivity index (χ0v) is 10.3. The molecule has 17 heavy (non-hydrogen) atoms. The van der Waals surface area contributed by atoms with Gasteiger partial charge in [-0.15, -0.1) is 6.42 Å². The lowest BCUT2D eigenvalue weighted by Gasteiger charge is -2.16. The molecule has 5 atom stereocenters. The molecule has 3 aliphatic carbocycles. The first-order chi connectivity index (χ1) is 8.22. The highest BCUT2D eigenvalue weighted by molar-refractivity contribution is 5.81. The van der Waals surface area contributed by atoms with Crippen molar-refractivity contribution in [3.8, 4) is 12.3 Å². The summed E-state index contributed by atoms with van der Waals surface area (Å²) in [4.78, 5) is 11.7. The molecule has 2 bridgehead atoms. The topological polar surface area (TPSA) is 41.1 Å². The first-order valence-electron chi connectivity index (χ1n) is 6.69. The number of carbonyl (C=O) groups excluding carboxylic acids is 1. The van der Waals surface area contributed by atoms with Gasteiger partial charge in [-0.05, 0) is 49.9 Å². The Bertz CT molecular complexity index is 357. The summed E-state index contributed by atoms with van der Waals surface area (Å²) >= 11 is 0. The van der Waals surface area contributed by atoms with Gasteiger partial charge in [0.05, 0.1) is 12.6 Å². The minimum Gasteiger partial charge on any atom is -0.344 e. The molecule has 92 valence electrons. The first kappa shape index (κ1) is 11.1. The fourth-order valence-corrected chi connectivity index (χ4v) is 4.20. The largest absolute Gasteiger partial charge is 0.344 e. The molecule has 1 amide bonds. The van der Waals surface area contributed by atoms with E-state index in [-0.39, 0.29) is 11.9 Å². The van der Waals surface area contributed by atoms with Crippen LogP contribution in [0.4, 0.5) is 0 Å². The van der Waals surface area contributed by atoms with Crippen molar-refractivity contribution in [3.05, 3.63) is 0 Å². The molecule has 0 spiro atoms. The highest BCUT2D eigenvalue weighted by Gasteiger charge is 2.65. The maximum absolute atomic E-state index is 11.7. The van der Waals surface area contributed by atoms with Crippen molar-refractivity contribution in [1.29, 1.82) is 0 Å². The Hall–Kier alpha value is -1.01. The number of amides is 1. The smallest absolute Gasteiger partial charge is 0.237 e. The Morgan fingerprint density at radius 1 is 1.41 bits per heavy atom. The Kier molecular flexibility index (Phi) is 2.63. The lowest BCUT2D eigenvalue weighted by Crippen LogP contribution is -2.44. The quantitative estimate of drug-likeness (QED) is 0.703. The molecule has 2 N–H and O–H groups in total. The van der Waals surface area contributed by atoms with Crippen LogP contribution in [0.1, 0.15) is 26.2 Å². The Morgan fingerprint density at radius 3 is 2.65 bits per heavy atom. The third-order valence-electron chi connectivity index (χ3n) is 4.94. The number of hydrogen-bond acceptors (Lipinski definition) is 2. The van der Waals surface area contributed by atoms with Crippen molar-refractivity contribution in [2.75, 3.05) is 6.54 Å². The summed E-state index contributed by atoms with van der Waals surface area (Å²) in [6, 6.07) is 0.492. The van der Waals surface area contributed by atoms with Crippen molar-refractivity contribution < 1.29 is 4.79 Å². The van der Waals surface area contributed by atoms with Gasteiger partial charge < -0.3 is 10.6 Å². The van der Waals surface area contributed by atoms with Crippen LogP contribution in [0.2, 0.25) is 0 Å². The second kappa shape index (κ2) is 4.03. The molecule has 3 rings (SSSR count). The van der Waals surface area contributed by atoms with Crippen molar-refractivity contribution >= 4 is 5.91 Å². The molecule has 0 heterocycles. The maximum atomic E-state index is 11.7. The molecule has 3 aliphatic rings. The maximum Gasteiger partial charge on any atom is 0.237 e. The van der Waals surface area contributed by atoms with Crippen molar-refractivity contribution in [3.63, 3.8) is 0 Å². The van der Waals surface area contributed by atoms with Crippen LogP contribution in [0.5, 0.6) is 0 Å². The second-order valence-electron chi connectivity index (χ2n) is 5.82. The van der Waals surface area contributed by atoms with E-state index in [1.54, 1.807) is 0 Å². The molecule has 0 aromatic heterocycles.